The van der Waals surface area contributed by atoms with Crippen molar-refractivity contribution in [1.29, 1.82) is 0 Å². The molecule has 3 atom stereocenters. The number of hydrogen-bond donors (Lipinski definition) is 2. The fraction of sp³-hybridized carbons (Fsp3) is 0.565. The normalized spacial score (nSPS) is 19.7. The Morgan fingerprint density at radius 1 is 0.845 bits per heavy atom. The number of imidazole rings is 2. The first-order valence-electron chi connectivity index (χ1n) is 21.4. The molecule has 0 unspecified atom stereocenters. The molecule has 312 valence electrons. The number of alkyl carbamates (subject to hydrolysis) is 1. The van der Waals surface area contributed by atoms with Gasteiger partial charge in [-0.15, -0.1) is 0 Å². The second-order valence-electron chi connectivity index (χ2n) is 19.7. The topological polar surface area (TPSA) is 124 Å². The van der Waals surface area contributed by atoms with Crippen molar-refractivity contribution in [3.63, 3.8) is 0 Å². The van der Waals surface area contributed by atoms with Crippen LogP contribution in [0.4, 0.5) is 9.59 Å². The Kier molecular flexibility index (Phi) is 12.0. The van der Waals surface area contributed by atoms with E-state index in [-0.39, 0.29) is 30.2 Å². The predicted molar refractivity (Wildman–Crippen MR) is 231 cm³/mol. The summed E-state index contributed by atoms with van der Waals surface area (Å²) in [6.45, 7) is 20.2. The second kappa shape index (κ2) is 16.7. The largest absolute Gasteiger partial charge is 0.444 e. The van der Waals surface area contributed by atoms with Crippen molar-refractivity contribution < 1.29 is 23.8 Å². The van der Waals surface area contributed by atoms with Crippen molar-refractivity contribution in [2.45, 2.75) is 155 Å². The summed E-state index contributed by atoms with van der Waals surface area (Å²) in [7, 11) is -1.28. The van der Waals surface area contributed by atoms with Crippen molar-refractivity contribution >= 4 is 20.3 Å². The molecule has 58 heavy (non-hydrogen) atoms. The van der Waals surface area contributed by atoms with Gasteiger partial charge in [-0.3, -0.25) is 4.90 Å². The Balaban J connectivity index is 1.13. The number of fused-ring (bicyclic) bond motifs is 3. The van der Waals surface area contributed by atoms with Crippen LogP contribution < -0.4 is 5.32 Å². The van der Waals surface area contributed by atoms with E-state index in [4.69, 9.17) is 24.2 Å². The zero-order valence-electron chi connectivity index (χ0n) is 36.2. The van der Waals surface area contributed by atoms with Crippen LogP contribution in [0.1, 0.15) is 115 Å². The highest BCUT2D eigenvalue weighted by molar-refractivity contribution is 6.76. The molecule has 4 aromatic rings. The monoisotopic (exact) mass is 808 g/mol. The Labute approximate surface area is 345 Å². The molecule has 2 amide bonds. The third kappa shape index (κ3) is 9.88. The van der Waals surface area contributed by atoms with E-state index < -0.39 is 19.3 Å². The molecule has 2 aliphatic carbocycles. The number of amides is 2. The molecule has 0 bridgehead atoms. The summed E-state index contributed by atoms with van der Waals surface area (Å²) in [6, 6.07) is 14.5. The summed E-state index contributed by atoms with van der Waals surface area (Å²) in [4.78, 5) is 41.2. The van der Waals surface area contributed by atoms with Crippen molar-refractivity contribution in [3.05, 3.63) is 71.6 Å². The van der Waals surface area contributed by atoms with E-state index in [2.05, 4.69) is 70.9 Å². The maximum absolute atomic E-state index is 13.4. The smallest absolute Gasteiger partial charge is 0.410 e. The van der Waals surface area contributed by atoms with E-state index in [9.17, 15) is 9.59 Å². The van der Waals surface area contributed by atoms with Crippen LogP contribution in [0.2, 0.25) is 25.7 Å². The summed E-state index contributed by atoms with van der Waals surface area (Å²) >= 11 is 0. The Morgan fingerprint density at radius 2 is 1.53 bits per heavy atom. The highest BCUT2D eigenvalue weighted by atomic mass is 28.3. The summed E-state index contributed by atoms with van der Waals surface area (Å²) in [6.07, 6.45) is 10.9. The molecule has 0 spiro atoms. The lowest BCUT2D eigenvalue weighted by Gasteiger charge is -2.29. The fourth-order valence-corrected chi connectivity index (χ4v) is 9.40. The number of carbonyl (C=O) groups is 2. The fourth-order valence-electron chi connectivity index (χ4n) is 8.64. The average molecular weight is 809 g/mol. The van der Waals surface area contributed by atoms with E-state index in [1.54, 1.807) is 0 Å². The number of carbonyl (C=O) groups excluding carboxylic acids is 2. The van der Waals surface area contributed by atoms with Crippen molar-refractivity contribution in [1.82, 2.24) is 29.7 Å². The van der Waals surface area contributed by atoms with Crippen LogP contribution in [-0.2, 0) is 33.8 Å². The lowest BCUT2D eigenvalue weighted by molar-refractivity contribution is 0.0204. The zero-order valence-corrected chi connectivity index (χ0v) is 37.2. The van der Waals surface area contributed by atoms with Gasteiger partial charge in [-0.1, -0.05) is 50.3 Å². The maximum atomic E-state index is 13.4. The van der Waals surface area contributed by atoms with Gasteiger partial charge in [-0.2, -0.15) is 0 Å². The second-order valence-corrected chi connectivity index (χ2v) is 25.3. The number of aromatic nitrogens is 4. The van der Waals surface area contributed by atoms with Gasteiger partial charge in [0.15, 0.2) is 0 Å². The van der Waals surface area contributed by atoms with E-state index in [0.29, 0.717) is 19.9 Å². The van der Waals surface area contributed by atoms with Gasteiger partial charge in [-0.25, -0.2) is 19.6 Å². The molecule has 7 rings (SSSR count). The van der Waals surface area contributed by atoms with E-state index in [1.165, 1.54) is 22.3 Å². The summed E-state index contributed by atoms with van der Waals surface area (Å²) < 4.78 is 19.9. The molecular formula is C46H64N6O5Si. The predicted octanol–water partition coefficient (Wildman–Crippen LogP) is 10.6. The van der Waals surface area contributed by atoms with Crippen LogP contribution in [0.3, 0.4) is 0 Å². The van der Waals surface area contributed by atoms with Crippen LogP contribution in [0.5, 0.6) is 0 Å². The lowest BCUT2D eigenvalue weighted by Crippen LogP contribution is -2.40. The van der Waals surface area contributed by atoms with Gasteiger partial charge >= 0.3 is 12.2 Å². The first kappa shape index (κ1) is 41.7. The quantitative estimate of drug-likeness (QED) is 0.121. The third-order valence-corrected chi connectivity index (χ3v) is 13.2. The SMILES string of the molecule is CC(C)(C)OC(=O)N[C@H]1CCC[C@@H]1c1ncc(-c2ccc3c(c2)CCCc2cc(-c4cnc([C@@H]5CCCN5C(=O)OC(C)(C)C)n4COCC[Si](C)(C)C)ccc2-3)[nH]1. The molecule has 3 aliphatic rings. The van der Waals surface area contributed by atoms with Crippen LogP contribution in [0.25, 0.3) is 33.6 Å². The van der Waals surface area contributed by atoms with Gasteiger partial charge < -0.3 is 29.1 Å². The molecule has 1 saturated heterocycles. The van der Waals surface area contributed by atoms with Gasteiger partial charge in [-0.05, 0) is 132 Å². The van der Waals surface area contributed by atoms with Crippen LogP contribution in [0.15, 0.2) is 48.8 Å². The zero-order chi connectivity index (χ0) is 41.4. The molecule has 2 aromatic heterocycles. The van der Waals surface area contributed by atoms with Crippen LogP contribution in [-0.4, -0.2) is 75.1 Å². The molecule has 1 aliphatic heterocycles. The molecule has 11 nitrogen and oxygen atoms in total. The van der Waals surface area contributed by atoms with Gasteiger partial charge in [0.25, 0.3) is 0 Å². The third-order valence-electron chi connectivity index (χ3n) is 11.4. The minimum absolute atomic E-state index is 0.00959. The average Bonchev–Trinajstić information content (AvgIpc) is 3.94. The standard InChI is InChI=1S/C46H64N6O5Si/c1-45(2,3)56-43(53)50-37-16-11-15-36(37)41-47-27-38(49-41)32-18-20-34-30(25-32)13-10-14-31-26-33(19-21-35(31)34)40-28-48-42(52(40)29-55-23-24-58(7,8)9)39-17-12-22-51(39)44(54)57-46(4,5)6/h18-21,25-28,36-37,39H,10-17,22-24,29H2,1-9H3,(H,47,49)(H,50,53)/t36-,37-,39-/m0/s1. The number of ether oxygens (including phenoxy) is 3. The van der Waals surface area contributed by atoms with Gasteiger partial charge in [0.05, 0.1) is 29.8 Å². The Hall–Kier alpha value is -4.42. The number of nitrogens with zero attached hydrogens (tertiary/aromatic N) is 4. The first-order chi connectivity index (χ1) is 27.4. The minimum atomic E-state index is -1.28. The molecular weight excluding hydrogens is 745 g/mol. The lowest BCUT2D eigenvalue weighted by atomic mass is 9.93. The van der Waals surface area contributed by atoms with E-state index in [0.717, 1.165) is 91.6 Å². The number of rotatable bonds is 10. The molecule has 2 aromatic carbocycles. The number of H-pyrrole nitrogens is 1. The van der Waals surface area contributed by atoms with Crippen LogP contribution >= 0.6 is 0 Å². The first-order valence-corrected chi connectivity index (χ1v) is 25.1. The van der Waals surface area contributed by atoms with E-state index >= 15 is 0 Å². The highest BCUT2D eigenvalue weighted by Crippen LogP contribution is 2.40. The van der Waals surface area contributed by atoms with Gasteiger partial charge in [0, 0.05) is 38.7 Å². The molecule has 12 heteroatoms. The number of likely N-dealkylation sites (tertiary alicyclic amines) is 1. The van der Waals surface area contributed by atoms with Crippen molar-refractivity contribution in [2.24, 2.45) is 0 Å². The number of nitrogens with one attached hydrogen (secondary N) is 2. The Bertz CT molecular complexity index is 2100. The number of aromatic amines is 1. The van der Waals surface area contributed by atoms with Crippen molar-refractivity contribution in [3.8, 4) is 33.6 Å². The molecule has 2 N–H and O–H groups in total. The van der Waals surface area contributed by atoms with Gasteiger partial charge in [0.1, 0.15) is 29.6 Å². The minimum Gasteiger partial charge on any atom is -0.444 e. The van der Waals surface area contributed by atoms with Crippen molar-refractivity contribution in [2.75, 3.05) is 13.2 Å². The van der Waals surface area contributed by atoms with E-state index in [1.807, 2.05) is 58.8 Å². The molecule has 2 fully saturated rings. The maximum Gasteiger partial charge on any atom is 0.410 e. The summed E-state index contributed by atoms with van der Waals surface area (Å²) in [5, 5.41) is 3.10. The molecule has 3 heterocycles. The molecule has 0 radical (unpaired) electrons. The summed E-state index contributed by atoms with van der Waals surface area (Å²) in [5.74, 6) is 1.88. The number of benzene rings is 2. The van der Waals surface area contributed by atoms with Gasteiger partial charge in [0.2, 0.25) is 0 Å². The highest BCUT2D eigenvalue weighted by Gasteiger charge is 2.37. The summed E-state index contributed by atoms with van der Waals surface area (Å²) in [5.41, 5.74) is 8.28. The Morgan fingerprint density at radius 3 is 2.22 bits per heavy atom. The molecule has 1 saturated carbocycles. The number of hydrogen-bond acceptors (Lipinski definition) is 7. The number of aryl methyl sites for hydroxylation is 2. The van der Waals surface area contributed by atoms with Crippen LogP contribution in [0, 0.1) is 0 Å².